The van der Waals surface area contributed by atoms with Crippen molar-refractivity contribution >= 4 is 40.1 Å². The number of carbonyl (C=O) groups is 3. The second kappa shape index (κ2) is 8.26. The molecule has 2 amide bonds. The number of H-pyrrole nitrogens is 1. The molecule has 7 nitrogen and oxygen atoms in total. The van der Waals surface area contributed by atoms with Crippen molar-refractivity contribution in [2.24, 2.45) is 0 Å². The minimum absolute atomic E-state index is 0.115. The Morgan fingerprint density at radius 3 is 2.55 bits per heavy atom. The zero-order valence-corrected chi connectivity index (χ0v) is 17.9. The van der Waals surface area contributed by atoms with E-state index in [1.165, 1.54) is 9.80 Å². The summed E-state index contributed by atoms with van der Waals surface area (Å²) in [4.78, 5) is 44.4. The standard InChI is InChI=1S/C24H25N3O4/c1-4-31-24(30)14-27-21-10-16(3)15(2)9-20(21)26(13-23(27)29)22(28)11-17-12-25-19-8-6-5-7-18(17)19/h5-10,12,25H,4,11,13-14H2,1-3H3. The number of ether oxygens (including phenoxy) is 1. The number of amides is 2. The third-order valence-electron chi connectivity index (χ3n) is 5.68. The minimum atomic E-state index is -0.474. The minimum Gasteiger partial charge on any atom is -0.465 e. The summed E-state index contributed by atoms with van der Waals surface area (Å²) in [6, 6.07) is 11.6. The fraction of sp³-hybridized carbons (Fsp3) is 0.292. The van der Waals surface area contributed by atoms with E-state index in [1.807, 2.05) is 56.4 Å². The summed E-state index contributed by atoms with van der Waals surface area (Å²) in [7, 11) is 0. The van der Waals surface area contributed by atoms with Gasteiger partial charge in [-0.2, -0.15) is 0 Å². The molecule has 1 aromatic heterocycles. The number of rotatable bonds is 5. The Labute approximate surface area is 180 Å². The highest BCUT2D eigenvalue weighted by Gasteiger charge is 2.34. The lowest BCUT2D eigenvalue weighted by molar-refractivity contribution is -0.142. The highest BCUT2D eigenvalue weighted by atomic mass is 16.5. The largest absolute Gasteiger partial charge is 0.465 e. The Kier molecular flexibility index (Phi) is 5.50. The molecule has 0 fully saturated rings. The third-order valence-corrected chi connectivity index (χ3v) is 5.68. The van der Waals surface area contributed by atoms with Gasteiger partial charge in [0.05, 0.1) is 24.4 Å². The van der Waals surface area contributed by atoms with Crippen LogP contribution in [0.3, 0.4) is 0 Å². The molecular weight excluding hydrogens is 394 g/mol. The van der Waals surface area contributed by atoms with Crippen molar-refractivity contribution in [1.82, 2.24) is 4.98 Å². The van der Waals surface area contributed by atoms with Crippen LogP contribution in [-0.2, 0) is 25.5 Å². The molecule has 3 aromatic rings. The lowest BCUT2D eigenvalue weighted by Crippen LogP contribution is -2.50. The van der Waals surface area contributed by atoms with Crippen molar-refractivity contribution in [3.63, 3.8) is 0 Å². The van der Waals surface area contributed by atoms with E-state index in [4.69, 9.17) is 4.74 Å². The van der Waals surface area contributed by atoms with Crippen molar-refractivity contribution < 1.29 is 19.1 Å². The maximum atomic E-state index is 13.3. The summed E-state index contributed by atoms with van der Waals surface area (Å²) in [5, 5.41) is 0.989. The Hall–Kier alpha value is -3.61. The second-order valence-corrected chi connectivity index (χ2v) is 7.73. The van der Waals surface area contributed by atoms with Crippen LogP contribution in [0.2, 0.25) is 0 Å². The normalized spacial score (nSPS) is 13.5. The van der Waals surface area contributed by atoms with Crippen LogP contribution in [0.1, 0.15) is 23.6 Å². The second-order valence-electron chi connectivity index (χ2n) is 7.73. The number of benzene rings is 2. The molecule has 2 aromatic carbocycles. The number of anilines is 2. The predicted molar refractivity (Wildman–Crippen MR) is 119 cm³/mol. The Morgan fingerprint density at radius 2 is 1.81 bits per heavy atom. The van der Waals surface area contributed by atoms with Crippen LogP contribution in [0.5, 0.6) is 0 Å². The maximum absolute atomic E-state index is 13.3. The summed E-state index contributed by atoms with van der Waals surface area (Å²) >= 11 is 0. The van der Waals surface area contributed by atoms with E-state index >= 15 is 0 Å². The number of para-hydroxylation sites is 1. The van der Waals surface area contributed by atoms with Crippen molar-refractivity contribution in [1.29, 1.82) is 0 Å². The van der Waals surface area contributed by atoms with Crippen LogP contribution < -0.4 is 9.80 Å². The monoisotopic (exact) mass is 419 g/mol. The average molecular weight is 419 g/mol. The summed E-state index contributed by atoms with van der Waals surface area (Å²) in [6.45, 7) is 5.58. The van der Waals surface area contributed by atoms with E-state index in [0.717, 1.165) is 27.6 Å². The number of aromatic nitrogens is 1. The van der Waals surface area contributed by atoms with E-state index < -0.39 is 5.97 Å². The van der Waals surface area contributed by atoms with Crippen molar-refractivity contribution in [3.8, 4) is 0 Å². The highest BCUT2D eigenvalue weighted by Crippen LogP contribution is 2.36. The number of fused-ring (bicyclic) bond motifs is 2. The van der Waals surface area contributed by atoms with Gasteiger partial charge in [0.1, 0.15) is 13.1 Å². The number of carbonyl (C=O) groups excluding carboxylic acids is 3. The summed E-state index contributed by atoms with van der Waals surface area (Å²) in [5.41, 5.74) is 5.02. The molecule has 0 radical (unpaired) electrons. The Bertz CT molecular complexity index is 1180. The molecule has 4 rings (SSSR count). The maximum Gasteiger partial charge on any atom is 0.326 e. The third kappa shape index (κ3) is 3.91. The first kappa shape index (κ1) is 20.7. The van der Waals surface area contributed by atoms with Crippen LogP contribution in [0, 0.1) is 13.8 Å². The highest BCUT2D eigenvalue weighted by molar-refractivity contribution is 6.13. The zero-order chi connectivity index (χ0) is 22.1. The van der Waals surface area contributed by atoms with Crippen molar-refractivity contribution in [3.05, 3.63) is 59.3 Å². The number of nitrogens with zero attached hydrogens (tertiary/aromatic N) is 2. The van der Waals surface area contributed by atoms with Crippen molar-refractivity contribution in [2.45, 2.75) is 27.2 Å². The van der Waals surface area contributed by atoms with Gasteiger partial charge in [0.25, 0.3) is 0 Å². The quantitative estimate of drug-likeness (QED) is 0.644. The van der Waals surface area contributed by atoms with Crippen LogP contribution in [0.4, 0.5) is 11.4 Å². The van der Waals surface area contributed by atoms with Crippen LogP contribution in [-0.4, -0.2) is 42.5 Å². The lowest BCUT2D eigenvalue weighted by Gasteiger charge is -2.36. The van der Waals surface area contributed by atoms with E-state index in [0.29, 0.717) is 11.4 Å². The van der Waals surface area contributed by atoms with E-state index in [-0.39, 0.29) is 37.9 Å². The SMILES string of the molecule is CCOC(=O)CN1C(=O)CN(C(=O)Cc2c[nH]c3ccccc23)c2cc(C)c(C)cc21. The molecule has 0 bridgehead atoms. The first-order chi connectivity index (χ1) is 14.9. The van der Waals surface area contributed by atoms with Gasteiger partial charge in [-0.3, -0.25) is 19.3 Å². The molecule has 0 atom stereocenters. The number of aromatic amines is 1. The van der Waals surface area contributed by atoms with Crippen molar-refractivity contribution in [2.75, 3.05) is 29.5 Å². The first-order valence-corrected chi connectivity index (χ1v) is 10.3. The van der Waals surface area contributed by atoms with Gasteiger partial charge >= 0.3 is 5.97 Å². The molecule has 2 heterocycles. The number of nitrogens with one attached hydrogen (secondary N) is 1. The van der Waals surface area contributed by atoms with Gasteiger partial charge in [-0.1, -0.05) is 18.2 Å². The smallest absolute Gasteiger partial charge is 0.326 e. The molecule has 0 saturated carbocycles. The molecule has 0 aliphatic carbocycles. The van der Waals surface area contributed by atoms with Crippen LogP contribution in [0.15, 0.2) is 42.6 Å². The molecule has 31 heavy (non-hydrogen) atoms. The van der Waals surface area contributed by atoms with E-state index in [2.05, 4.69) is 4.98 Å². The molecular formula is C24H25N3O4. The summed E-state index contributed by atoms with van der Waals surface area (Å²) in [5.74, 6) is -0.951. The van der Waals surface area contributed by atoms with Gasteiger partial charge < -0.3 is 14.6 Å². The number of hydrogen-bond donors (Lipinski definition) is 1. The fourth-order valence-electron chi connectivity index (χ4n) is 3.93. The fourth-order valence-corrected chi connectivity index (χ4v) is 3.93. The number of esters is 1. The van der Waals surface area contributed by atoms with E-state index in [9.17, 15) is 14.4 Å². The van der Waals surface area contributed by atoms with Gasteiger partial charge in [-0.15, -0.1) is 0 Å². The first-order valence-electron chi connectivity index (χ1n) is 10.3. The summed E-state index contributed by atoms with van der Waals surface area (Å²) < 4.78 is 5.03. The van der Waals surface area contributed by atoms with Gasteiger partial charge in [0.15, 0.2) is 0 Å². The average Bonchev–Trinajstić information content (AvgIpc) is 3.14. The molecule has 1 aliphatic rings. The van der Waals surface area contributed by atoms with E-state index in [1.54, 1.807) is 6.92 Å². The van der Waals surface area contributed by atoms with Gasteiger partial charge in [-0.25, -0.2) is 0 Å². The lowest BCUT2D eigenvalue weighted by atomic mass is 10.0. The van der Waals surface area contributed by atoms with Gasteiger partial charge in [0.2, 0.25) is 11.8 Å². The molecule has 0 spiro atoms. The van der Waals surface area contributed by atoms with Gasteiger partial charge in [0, 0.05) is 17.1 Å². The topological polar surface area (TPSA) is 82.7 Å². The van der Waals surface area contributed by atoms with Crippen LogP contribution in [0.25, 0.3) is 10.9 Å². The molecule has 1 N–H and O–H groups in total. The molecule has 7 heteroatoms. The Balaban J connectivity index is 1.68. The summed E-state index contributed by atoms with van der Waals surface area (Å²) in [6.07, 6.45) is 2.00. The Morgan fingerprint density at radius 1 is 1.10 bits per heavy atom. The molecule has 160 valence electrons. The predicted octanol–water partition coefficient (Wildman–Crippen LogP) is 3.27. The molecule has 1 aliphatic heterocycles. The number of aryl methyl sites for hydroxylation is 2. The molecule has 0 saturated heterocycles. The zero-order valence-electron chi connectivity index (χ0n) is 17.9. The van der Waals surface area contributed by atoms with Crippen LogP contribution >= 0.6 is 0 Å². The number of hydrogen-bond acceptors (Lipinski definition) is 4. The van der Waals surface area contributed by atoms with Gasteiger partial charge in [-0.05, 0) is 55.7 Å². The molecule has 0 unspecified atom stereocenters.